The lowest BCUT2D eigenvalue weighted by atomic mass is 9.93. The molecule has 1 atom stereocenters. The Morgan fingerprint density at radius 3 is 2.43 bits per heavy atom. The Morgan fingerprint density at radius 1 is 1.43 bits per heavy atom. The lowest BCUT2D eigenvalue weighted by Gasteiger charge is -2.40. The first-order valence-corrected chi connectivity index (χ1v) is 5.22. The van der Waals surface area contributed by atoms with Gasteiger partial charge < -0.3 is 9.84 Å². The lowest BCUT2D eigenvalue weighted by molar-refractivity contribution is -0.155. The maximum atomic E-state index is 11.3. The highest BCUT2D eigenvalue weighted by molar-refractivity contribution is 5.79. The average Bonchev–Trinajstić information content (AvgIpc) is 3.01. The molecular weight excluding hydrogens is 182 g/mol. The van der Waals surface area contributed by atoms with E-state index in [1.165, 1.54) is 0 Å². The summed E-state index contributed by atoms with van der Waals surface area (Å²) in [5, 5.41) is 9.31. The molecule has 1 N–H and O–H groups in total. The van der Waals surface area contributed by atoms with Crippen LogP contribution in [-0.2, 0) is 9.53 Å². The van der Waals surface area contributed by atoms with Crippen molar-refractivity contribution in [3.63, 3.8) is 0 Å². The Hall–Kier alpha value is -0.610. The smallest absolute Gasteiger partial charge is 0.324 e. The van der Waals surface area contributed by atoms with E-state index >= 15 is 0 Å². The number of aliphatic carboxylic acids is 1. The van der Waals surface area contributed by atoms with Crippen molar-refractivity contribution in [2.45, 2.75) is 25.3 Å². The summed E-state index contributed by atoms with van der Waals surface area (Å²) in [6.45, 7) is 4.68. The van der Waals surface area contributed by atoms with Crippen LogP contribution in [-0.4, -0.2) is 47.8 Å². The molecule has 2 rings (SSSR count). The monoisotopic (exact) mass is 199 g/mol. The van der Waals surface area contributed by atoms with Crippen LogP contribution in [0.3, 0.4) is 0 Å². The van der Waals surface area contributed by atoms with E-state index in [0.717, 1.165) is 25.9 Å². The van der Waals surface area contributed by atoms with Gasteiger partial charge in [0.15, 0.2) is 0 Å². The zero-order valence-electron chi connectivity index (χ0n) is 8.53. The van der Waals surface area contributed by atoms with Gasteiger partial charge in [-0.25, -0.2) is 0 Å². The molecule has 0 aromatic rings. The van der Waals surface area contributed by atoms with E-state index in [0.29, 0.717) is 19.1 Å². The van der Waals surface area contributed by atoms with Gasteiger partial charge >= 0.3 is 5.97 Å². The molecule has 1 aliphatic heterocycles. The molecule has 4 heteroatoms. The van der Waals surface area contributed by atoms with Crippen LogP contribution in [0.5, 0.6) is 0 Å². The SMILES string of the molecule is C[C@](C(=O)O)(C1CC1)N1CCOCC1. The Morgan fingerprint density at radius 2 is 2.00 bits per heavy atom. The number of nitrogens with zero attached hydrogens (tertiary/aromatic N) is 1. The van der Waals surface area contributed by atoms with Gasteiger partial charge in [0.05, 0.1) is 13.2 Å². The molecule has 4 nitrogen and oxygen atoms in total. The molecule has 0 unspecified atom stereocenters. The van der Waals surface area contributed by atoms with Crippen molar-refractivity contribution in [1.82, 2.24) is 4.90 Å². The summed E-state index contributed by atoms with van der Waals surface area (Å²) < 4.78 is 5.24. The molecule has 1 aliphatic carbocycles. The van der Waals surface area contributed by atoms with E-state index in [1.54, 1.807) is 0 Å². The minimum Gasteiger partial charge on any atom is -0.480 e. The standard InChI is InChI=1S/C10H17NO3/c1-10(9(12)13,8-2-3-8)11-4-6-14-7-5-11/h8H,2-7H2,1H3,(H,12,13)/t10-/m1/s1. The minimum atomic E-state index is -0.679. The second kappa shape index (κ2) is 3.51. The van der Waals surface area contributed by atoms with E-state index in [4.69, 9.17) is 4.74 Å². The molecule has 0 amide bonds. The van der Waals surface area contributed by atoms with Crippen molar-refractivity contribution in [2.24, 2.45) is 5.92 Å². The number of carboxylic acids is 1. The Balaban J connectivity index is 2.12. The highest BCUT2D eigenvalue weighted by Gasteiger charge is 2.51. The van der Waals surface area contributed by atoms with E-state index < -0.39 is 11.5 Å². The molecule has 0 aromatic carbocycles. The summed E-state index contributed by atoms with van der Waals surface area (Å²) in [6, 6.07) is 0. The van der Waals surface area contributed by atoms with Crippen molar-refractivity contribution in [2.75, 3.05) is 26.3 Å². The van der Waals surface area contributed by atoms with Gasteiger partial charge in [-0.2, -0.15) is 0 Å². The summed E-state index contributed by atoms with van der Waals surface area (Å²) in [5.41, 5.74) is -0.649. The molecule has 1 saturated heterocycles. The molecule has 0 spiro atoms. The number of carbonyl (C=O) groups is 1. The van der Waals surface area contributed by atoms with Gasteiger partial charge in [-0.05, 0) is 25.7 Å². The second-order valence-corrected chi connectivity index (χ2v) is 4.33. The third-order valence-corrected chi connectivity index (χ3v) is 3.47. The number of rotatable bonds is 3. The number of hydrogen-bond acceptors (Lipinski definition) is 3. The zero-order valence-corrected chi connectivity index (χ0v) is 8.53. The van der Waals surface area contributed by atoms with Crippen molar-refractivity contribution >= 4 is 5.97 Å². The van der Waals surface area contributed by atoms with Gasteiger partial charge in [-0.3, -0.25) is 9.69 Å². The number of hydrogen-bond donors (Lipinski definition) is 1. The molecule has 0 bridgehead atoms. The lowest BCUT2D eigenvalue weighted by Crippen LogP contribution is -2.57. The largest absolute Gasteiger partial charge is 0.480 e. The van der Waals surface area contributed by atoms with Crippen molar-refractivity contribution in [3.05, 3.63) is 0 Å². The maximum Gasteiger partial charge on any atom is 0.324 e. The summed E-state index contributed by atoms with van der Waals surface area (Å²) in [5.74, 6) is -0.333. The van der Waals surface area contributed by atoms with Gasteiger partial charge in [-0.1, -0.05) is 0 Å². The van der Waals surface area contributed by atoms with Crippen molar-refractivity contribution in [3.8, 4) is 0 Å². The molecule has 1 saturated carbocycles. The Bertz CT molecular complexity index is 234. The molecule has 1 heterocycles. The van der Waals surface area contributed by atoms with E-state index in [-0.39, 0.29) is 0 Å². The minimum absolute atomic E-state index is 0.345. The van der Waals surface area contributed by atoms with Crippen LogP contribution in [0.2, 0.25) is 0 Å². The number of carboxylic acid groups (broad SMARTS) is 1. The van der Waals surface area contributed by atoms with Crippen LogP contribution in [0.15, 0.2) is 0 Å². The Kier molecular flexibility index (Phi) is 2.49. The van der Waals surface area contributed by atoms with Gasteiger partial charge in [0.2, 0.25) is 0 Å². The van der Waals surface area contributed by atoms with Gasteiger partial charge in [0.25, 0.3) is 0 Å². The maximum absolute atomic E-state index is 11.3. The molecule has 0 radical (unpaired) electrons. The van der Waals surface area contributed by atoms with E-state index in [9.17, 15) is 9.90 Å². The van der Waals surface area contributed by atoms with Crippen LogP contribution in [0.25, 0.3) is 0 Å². The summed E-state index contributed by atoms with van der Waals surface area (Å²) in [4.78, 5) is 13.4. The average molecular weight is 199 g/mol. The second-order valence-electron chi connectivity index (χ2n) is 4.33. The zero-order chi connectivity index (χ0) is 10.2. The predicted molar refractivity (Wildman–Crippen MR) is 51.2 cm³/mol. The first-order valence-electron chi connectivity index (χ1n) is 5.22. The first kappa shape index (κ1) is 9.93. The van der Waals surface area contributed by atoms with Gasteiger partial charge in [0, 0.05) is 13.1 Å². The fraction of sp³-hybridized carbons (Fsp3) is 0.900. The van der Waals surface area contributed by atoms with E-state index in [2.05, 4.69) is 4.90 Å². The highest BCUT2D eigenvalue weighted by atomic mass is 16.5. The van der Waals surface area contributed by atoms with Crippen LogP contribution in [0.4, 0.5) is 0 Å². The molecule has 14 heavy (non-hydrogen) atoms. The quantitative estimate of drug-likeness (QED) is 0.722. The van der Waals surface area contributed by atoms with Crippen LogP contribution >= 0.6 is 0 Å². The third-order valence-electron chi connectivity index (χ3n) is 3.47. The van der Waals surface area contributed by atoms with E-state index in [1.807, 2.05) is 6.92 Å². The highest BCUT2D eigenvalue weighted by Crippen LogP contribution is 2.43. The molecule has 80 valence electrons. The molecular formula is C10H17NO3. The Labute approximate surface area is 83.8 Å². The number of ether oxygens (including phenoxy) is 1. The van der Waals surface area contributed by atoms with Crippen LogP contribution in [0.1, 0.15) is 19.8 Å². The van der Waals surface area contributed by atoms with Crippen LogP contribution < -0.4 is 0 Å². The fourth-order valence-electron chi connectivity index (χ4n) is 2.24. The van der Waals surface area contributed by atoms with Gasteiger partial charge in [0.1, 0.15) is 5.54 Å². The molecule has 2 aliphatic rings. The van der Waals surface area contributed by atoms with Crippen molar-refractivity contribution < 1.29 is 14.6 Å². The third kappa shape index (κ3) is 1.53. The first-order chi connectivity index (χ1) is 6.65. The molecule has 2 fully saturated rings. The van der Waals surface area contributed by atoms with Crippen LogP contribution in [0, 0.1) is 5.92 Å². The normalized spacial score (nSPS) is 28.4. The fourth-order valence-corrected chi connectivity index (χ4v) is 2.24. The summed E-state index contributed by atoms with van der Waals surface area (Å²) in [6.07, 6.45) is 2.11. The predicted octanol–water partition coefficient (Wildman–Crippen LogP) is 0.572. The summed E-state index contributed by atoms with van der Waals surface area (Å²) >= 11 is 0. The molecule has 0 aromatic heterocycles. The van der Waals surface area contributed by atoms with Crippen molar-refractivity contribution in [1.29, 1.82) is 0 Å². The summed E-state index contributed by atoms with van der Waals surface area (Å²) in [7, 11) is 0. The number of morpholine rings is 1. The van der Waals surface area contributed by atoms with Gasteiger partial charge in [-0.15, -0.1) is 0 Å². The topological polar surface area (TPSA) is 49.8 Å².